The molecule has 102 valence electrons. The molecule has 0 radical (unpaired) electrons. The zero-order valence-electron chi connectivity index (χ0n) is 11.0. The number of aryl methyl sites for hydroxylation is 1. The van der Waals surface area contributed by atoms with Crippen LogP contribution in [0.4, 0.5) is 0 Å². The van der Waals surface area contributed by atoms with Crippen LogP contribution in [0, 0.1) is 6.92 Å². The quantitative estimate of drug-likeness (QED) is 0.909. The Morgan fingerprint density at radius 3 is 2.95 bits per heavy atom. The molecular formula is C13H17ClN4O. The number of aromatic nitrogens is 3. The third kappa shape index (κ3) is 2.94. The smallest absolute Gasteiger partial charge is 0.0837 e. The number of ether oxygens (including phenoxy) is 1. The van der Waals surface area contributed by atoms with Gasteiger partial charge in [-0.05, 0) is 24.1 Å². The van der Waals surface area contributed by atoms with Gasteiger partial charge in [0.25, 0.3) is 0 Å². The monoisotopic (exact) mass is 280 g/mol. The molecular weight excluding hydrogens is 264 g/mol. The first kappa shape index (κ1) is 14.0. The van der Waals surface area contributed by atoms with Crippen LogP contribution in [-0.4, -0.2) is 28.5 Å². The summed E-state index contributed by atoms with van der Waals surface area (Å²) in [5.74, 6) is 0. The third-order valence-electron chi connectivity index (χ3n) is 3.03. The normalized spacial score (nSPS) is 12.6. The maximum absolute atomic E-state index is 6.32. The molecule has 2 rings (SSSR count). The second-order valence-electron chi connectivity index (χ2n) is 4.30. The Balaban J connectivity index is 2.35. The van der Waals surface area contributed by atoms with Gasteiger partial charge in [0.15, 0.2) is 0 Å². The minimum absolute atomic E-state index is 0.324. The zero-order valence-corrected chi connectivity index (χ0v) is 11.8. The van der Waals surface area contributed by atoms with E-state index in [9.17, 15) is 0 Å². The lowest BCUT2D eigenvalue weighted by molar-refractivity contribution is 0.182. The summed E-state index contributed by atoms with van der Waals surface area (Å²) in [5, 5.41) is 4.81. The second-order valence-corrected chi connectivity index (χ2v) is 4.71. The Kier molecular flexibility index (Phi) is 4.52. The van der Waals surface area contributed by atoms with Gasteiger partial charge in [0.05, 0.1) is 36.1 Å². The first-order valence-corrected chi connectivity index (χ1v) is 6.39. The average molecular weight is 281 g/mol. The van der Waals surface area contributed by atoms with Gasteiger partial charge in [-0.25, -0.2) is 0 Å². The van der Waals surface area contributed by atoms with E-state index in [1.807, 2.05) is 13.0 Å². The molecule has 0 aliphatic carbocycles. The number of hydrogen-bond donors (Lipinski definition) is 1. The zero-order chi connectivity index (χ0) is 13.8. The molecule has 0 saturated carbocycles. The van der Waals surface area contributed by atoms with Crippen LogP contribution in [0.15, 0.2) is 24.7 Å². The van der Waals surface area contributed by atoms with E-state index in [1.165, 1.54) is 0 Å². The van der Waals surface area contributed by atoms with Crippen LogP contribution in [0.5, 0.6) is 0 Å². The first-order valence-electron chi connectivity index (χ1n) is 6.01. The number of rotatable bonds is 5. The highest BCUT2D eigenvalue weighted by molar-refractivity contribution is 6.31. The van der Waals surface area contributed by atoms with E-state index < -0.39 is 0 Å². The average Bonchev–Trinajstić information content (AvgIpc) is 2.77. The summed E-state index contributed by atoms with van der Waals surface area (Å²) >= 11 is 6.20. The van der Waals surface area contributed by atoms with Crippen LogP contribution >= 0.6 is 11.6 Å². The van der Waals surface area contributed by atoms with E-state index in [1.54, 1.807) is 30.4 Å². The molecule has 19 heavy (non-hydrogen) atoms. The SMILES string of the molecule is COCCn1ncc(Cl)c1C(N)c1ccncc1C. The second kappa shape index (κ2) is 6.14. The molecule has 2 N–H and O–H groups in total. The standard InChI is InChI=1S/C13H17ClN4O/c1-9-7-16-4-3-10(9)12(15)13-11(14)8-17-18(13)5-6-19-2/h3-4,7-8,12H,5-6,15H2,1-2H3. The highest BCUT2D eigenvalue weighted by Gasteiger charge is 2.19. The molecule has 5 nitrogen and oxygen atoms in total. The predicted octanol–water partition coefficient (Wildman–Crippen LogP) is 1.93. The number of halogens is 1. The van der Waals surface area contributed by atoms with Crippen molar-refractivity contribution >= 4 is 11.6 Å². The Morgan fingerprint density at radius 2 is 2.26 bits per heavy atom. The van der Waals surface area contributed by atoms with Gasteiger partial charge >= 0.3 is 0 Å². The molecule has 0 amide bonds. The number of pyridine rings is 1. The molecule has 0 saturated heterocycles. The van der Waals surface area contributed by atoms with Crippen molar-refractivity contribution in [2.75, 3.05) is 13.7 Å². The highest BCUT2D eigenvalue weighted by atomic mass is 35.5. The molecule has 6 heteroatoms. The van der Waals surface area contributed by atoms with Crippen molar-refractivity contribution in [2.45, 2.75) is 19.5 Å². The minimum Gasteiger partial charge on any atom is -0.383 e. The summed E-state index contributed by atoms with van der Waals surface area (Å²) in [6, 6.07) is 1.58. The van der Waals surface area contributed by atoms with Gasteiger partial charge in [-0.3, -0.25) is 9.67 Å². The topological polar surface area (TPSA) is 66.0 Å². The van der Waals surface area contributed by atoms with Crippen molar-refractivity contribution in [2.24, 2.45) is 5.73 Å². The van der Waals surface area contributed by atoms with Crippen LogP contribution in [0.2, 0.25) is 5.02 Å². The lowest BCUT2D eigenvalue weighted by Crippen LogP contribution is -2.20. The predicted molar refractivity (Wildman–Crippen MR) is 74.1 cm³/mol. The minimum atomic E-state index is -0.324. The van der Waals surface area contributed by atoms with E-state index in [2.05, 4.69) is 10.1 Å². The fourth-order valence-corrected chi connectivity index (χ4v) is 2.28. The summed E-state index contributed by atoms with van der Waals surface area (Å²) in [7, 11) is 1.65. The summed E-state index contributed by atoms with van der Waals surface area (Å²) in [5.41, 5.74) is 9.15. The van der Waals surface area contributed by atoms with Gasteiger partial charge < -0.3 is 10.5 Å². The van der Waals surface area contributed by atoms with Gasteiger partial charge in [0, 0.05) is 19.5 Å². The summed E-state index contributed by atoms with van der Waals surface area (Å²) in [6.45, 7) is 3.16. The maximum atomic E-state index is 6.32. The summed E-state index contributed by atoms with van der Waals surface area (Å²) in [6.07, 6.45) is 5.13. The molecule has 2 aromatic heterocycles. The maximum Gasteiger partial charge on any atom is 0.0837 e. The molecule has 0 bridgehead atoms. The van der Waals surface area contributed by atoms with Crippen molar-refractivity contribution in [1.29, 1.82) is 0 Å². The van der Waals surface area contributed by atoms with E-state index >= 15 is 0 Å². The van der Waals surface area contributed by atoms with E-state index in [0.29, 0.717) is 18.2 Å². The fourth-order valence-electron chi connectivity index (χ4n) is 2.02. The summed E-state index contributed by atoms with van der Waals surface area (Å²) < 4.78 is 6.85. The van der Waals surface area contributed by atoms with Crippen molar-refractivity contribution in [3.63, 3.8) is 0 Å². The van der Waals surface area contributed by atoms with Gasteiger partial charge in [0.1, 0.15) is 0 Å². The Labute approximate surface area is 117 Å². The Bertz CT molecular complexity index is 555. The van der Waals surface area contributed by atoms with Crippen LogP contribution in [-0.2, 0) is 11.3 Å². The van der Waals surface area contributed by atoms with Gasteiger partial charge in [-0.1, -0.05) is 11.6 Å². The van der Waals surface area contributed by atoms with E-state index in [4.69, 9.17) is 22.1 Å². The Morgan fingerprint density at radius 1 is 1.47 bits per heavy atom. The van der Waals surface area contributed by atoms with Crippen LogP contribution in [0.25, 0.3) is 0 Å². The lowest BCUT2D eigenvalue weighted by Gasteiger charge is -2.17. The molecule has 0 spiro atoms. The van der Waals surface area contributed by atoms with Crippen molar-refractivity contribution in [1.82, 2.24) is 14.8 Å². The molecule has 2 heterocycles. The lowest BCUT2D eigenvalue weighted by atomic mass is 10.0. The van der Waals surface area contributed by atoms with Crippen LogP contribution < -0.4 is 5.73 Å². The number of nitrogens with zero attached hydrogens (tertiary/aromatic N) is 3. The van der Waals surface area contributed by atoms with Crippen molar-refractivity contribution in [3.05, 3.63) is 46.5 Å². The van der Waals surface area contributed by atoms with E-state index in [0.717, 1.165) is 16.8 Å². The van der Waals surface area contributed by atoms with Crippen LogP contribution in [0.1, 0.15) is 22.9 Å². The van der Waals surface area contributed by atoms with Gasteiger partial charge in [-0.2, -0.15) is 5.10 Å². The molecule has 0 aliphatic heterocycles. The van der Waals surface area contributed by atoms with Gasteiger partial charge in [-0.15, -0.1) is 0 Å². The Hall–Kier alpha value is -1.43. The molecule has 1 unspecified atom stereocenters. The van der Waals surface area contributed by atoms with Crippen LogP contribution in [0.3, 0.4) is 0 Å². The van der Waals surface area contributed by atoms with E-state index in [-0.39, 0.29) is 6.04 Å². The largest absolute Gasteiger partial charge is 0.383 e. The fraction of sp³-hybridized carbons (Fsp3) is 0.385. The third-order valence-corrected chi connectivity index (χ3v) is 3.33. The molecule has 0 aliphatic rings. The first-order chi connectivity index (χ1) is 9.15. The molecule has 1 atom stereocenters. The van der Waals surface area contributed by atoms with Crippen molar-refractivity contribution in [3.8, 4) is 0 Å². The molecule has 0 fully saturated rings. The summed E-state index contributed by atoms with van der Waals surface area (Å²) in [4.78, 5) is 4.07. The highest BCUT2D eigenvalue weighted by Crippen LogP contribution is 2.27. The van der Waals surface area contributed by atoms with Crippen molar-refractivity contribution < 1.29 is 4.74 Å². The number of nitrogens with two attached hydrogens (primary N) is 1. The molecule has 2 aromatic rings. The number of methoxy groups -OCH3 is 1. The number of hydrogen-bond acceptors (Lipinski definition) is 4. The van der Waals surface area contributed by atoms with Gasteiger partial charge in [0.2, 0.25) is 0 Å². The molecule has 0 aromatic carbocycles.